The monoisotopic (exact) mass is 256 g/mol. The van der Waals surface area contributed by atoms with E-state index in [0.717, 1.165) is 10.0 Å². The fourth-order valence-electron chi connectivity index (χ4n) is 0.780. The van der Waals surface area contributed by atoms with Gasteiger partial charge in [-0.05, 0) is 6.07 Å². The largest absolute Gasteiger partial charge is 0.452 e. The van der Waals surface area contributed by atoms with Crippen molar-refractivity contribution >= 4 is 28.2 Å². The Kier molecular flexibility index (Phi) is 4.12. The quantitative estimate of drug-likeness (QED) is 0.651. The molecule has 1 amide bonds. The standard InChI is InChI=1S/C9H9BrN2O2/c1-14-9(13)12-11-6-7-4-2-3-5-8(7)10/h2-6H,1H3,(H,12,13). The number of benzene rings is 1. The number of carbonyl (C=O) groups excluding carboxylic acids is 1. The van der Waals surface area contributed by atoms with Crippen LogP contribution in [0.2, 0.25) is 0 Å². The van der Waals surface area contributed by atoms with E-state index < -0.39 is 6.09 Å². The number of methoxy groups -OCH3 is 1. The Morgan fingerprint density at radius 2 is 2.29 bits per heavy atom. The maximum Gasteiger partial charge on any atom is 0.427 e. The predicted molar refractivity (Wildman–Crippen MR) is 57.3 cm³/mol. The van der Waals surface area contributed by atoms with E-state index in [0.29, 0.717) is 0 Å². The summed E-state index contributed by atoms with van der Waals surface area (Å²) in [4.78, 5) is 10.6. The lowest BCUT2D eigenvalue weighted by molar-refractivity contribution is 0.171. The van der Waals surface area contributed by atoms with Crippen molar-refractivity contribution in [3.63, 3.8) is 0 Å². The number of carbonyl (C=O) groups is 1. The summed E-state index contributed by atoms with van der Waals surface area (Å²) in [7, 11) is 1.28. The third-order valence-corrected chi connectivity index (χ3v) is 2.17. The van der Waals surface area contributed by atoms with Crippen LogP contribution in [0.4, 0.5) is 4.79 Å². The molecule has 1 aromatic carbocycles. The van der Waals surface area contributed by atoms with E-state index in [1.807, 2.05) is 24.3 Å². The first kappa shape index (κ1) is 10.7. The van der Waals surface area contributed by atoms with E-state index in [9.17, 15) is 4.79 Å². The maximum atomic E-state index is 10.6. The normalized spacial score (nSPS) is 10.1. The van der Waals surface area contributed by atoms with E-state index in [1.165, 1.54) is 13.3 Å². The molecule has 4 nitrogen and oxygen atoms in total. The van der Waals surface area contributed by atoms with Gasteiger partial charge in [0.25, 0.3) is 0 Å². The number of hydrazone groups is 1. The van der Waals surface area contributed by atoms with Gasteiger partial charge >= 0.3 is 6.09 Å². The van der Waals surface area contributed by atoms with Crippen LogP contribution in [0.5, 0.6) is 0 Å². The molecule has 5 heteroatoms. The molecule has 0 aliphatic heterocycles. The van der Waals surface area contributed by atoms with Gasteiger partial charge < -0.3 is 4.74 Å². The maximum absolute atomic E-state index is 10.6. The summed E-state index contributed by atoms with van der Waals surface area (Å²) < 4.78 is 5.26. The minimum absolute atomic E-state index is 0.590. The molecule has 0 fully saturated rings. The van der Waals surface area contributed by atoms with Crippen LogP contribution >= 0.6 is 15.9 Å². The first-order chi connectivity index (χ1) is 6.74. The highest BCUT2D eigenvalue weighted by molar-refractivity contribution is 9.10. The lowest BCUT2D eigenvalue weighted by Gasteiger charge is -1.97. The third kappa shape index (κ3) is 3.18. The summed E-state index contributed by atoms with van der Waals surface area (Å²) in [6.45, 7) is 0. The lowest BCUT2D eigenvalue weighted by atomic mass is 10.2. The van der Waals surface area contributed by atoms with Gasteiger partial charge in [0.1, 0.15) is 0 Å². The molecule has 0 aromatic heterocycles. The predicted octanol–water partition coefficient (Wildman–Crippen LogP) is 2.14. The summed E-state index contributed by atoms with van der Waals surface area (Å²) in [6, 6.07) is 7.53. The van der Waals surface area contributed by atoms with Gasteiger partial charge in [0.05, 0.1) is 13.3 Å². The molecule has 0 aliphatic rings. The van der Waals surface area contributed by atoms with Crippen LogP contribution in [0, 0.1) is 0 Å². The van der Waals surface area contributed by atoms with Gasteiger partial charge in [0.2, 0.25) is 0 Å². The summed E-state index contributed by atoms with van der Waals surface area (Å²) in [6.07, 6.45) is 0.939. The van der Waals surface area contributed by atoms with Gasteiger partial charge in [-0.25, -0.2) is 10.2 Å². The van der Waals surface area contributed by atoms with Crippen molar-refractivity contribution < 1.29 is 9.53 Å². The second-order valence-corrected chi connectivity index (χ2v) is 3.24. The molecule has 0 atom stereocenters. The molecule has 0 saturated heterocycles. The van der Waals surface area contributed by atoms with E-state index >= 15 is 0 Å². The topological polar surface area (TPSA) is 50.7 Å². The molecule has 1 rings (SSSR count). The summed E-state index contributed by atoms with van der Waals surface area (Å²) in [5.74, 6) is 0. The highest BCUT2D eigenvalue weighted by atomic mass is 79.9. The second kappa shape index (κ2) is 5.39. The zero-order valence-corrected chi connectivity index (χ0v) is 9.11. The van der Waals surface area contributed by atoms with Gasteiger partial charge in [-0.1, -0.05) is 34.1 Å². The fourth-order valence-corrected chi connectivity index (χ4v) is 1.17. The van der Waals surface area contributed by atoms with Crippen molar-refractivity contribution in [1.82, 2.24) is 5.43 Å². The Hall–Kier alpha value is -1.36. The lowest BCUT2D eigenvalue weighted by Crippen LogP contribution is -2.16. The number of nitrogens with one attached hydrogen (secondary N) is 1. The minimum atomic E-state index is -0.590. The molecule has 0 bridgehead atoms. The van der Waals surface area contributed by atoms with Crippen molar-refractivity contribution in [2.45, 2.75) is 0 Å². The molecular weight excluding hydrogens is 248 g/mol. The molecule has 14 heavy (non-hydrogen) atoms. The Bertz CT molecular complexity index is 352. The van der Waals surface area contributed by atoms with Gasteiger partial charge in [-0.3, -0.25) is 0 Å². The molecule has 0 radical (unpaired) electrons. The van der Waals surface area contributed by atoms with Crippen molar-refractivity contribution in [2.75, 3.05) is 7.11 Å². The van der Waals surface area contributed by atoms with Crippen molar-refractivity contribution in [3.05, 3.63) is 34.3 Å². The van der Waals surface area contributed by atoms with Crippen LogP contribution in [0.1, 0.15) is 5.56 Å². The van der Waals surface area contributed by atoms with Crippen LogP contribution in [-0.4, -0.2) is 19.4 Å². The molecule has 0 unspecified atom stereocenters. The van der Waals surface area contributed by atoms with Crippen molar-refractivity contribution in [2.24, 2.45) is 5.10 Å². The molecule has 1 aromatic rings. The van der Waals surface area contributed by atoms with Gasteiger partial charge in [-0.15, -0.1) is 0 Å². The van der Waals surface area contributed by atoms with Gasteiger partial charge in [0, 0.05) is 10.0 Å². The first-order valence-corrected chi connectivity index (χ1v) is 4.65. The zero-order valence-electron chi connectivity index (χ0n) is 7.53. The minimum Gasteiger partial charge on any atom is -0.452 e. The number of amides is 1. The van der Waals surface area contributed by atoms with E-state index in [1.54, 1.807) is 0 Å². The SMILES string of the molecule is COC(=O)NN=Cc1ccccc1Br. The summed E-state index contributed by atoms with van der Waals surface area (Å²) in [5.41, 5.74) is 3.07. The first-order valence-electron chi connectivity index (χ1n) is 3.85. The molecule has 1 N–H and O–H groups in total. The zero-order chi connectivity index (χ0) is 10.4. The van der Waals surface area contributed by atoms with Crippen molar-refractivity contribution in [3.8, 4) is 0 Å². The average Bonchev–Trinajstić information content (AvgIpc) is 2.20. The van der Waals surface area contributed by atoms with Crippen LogP contribution in [0.15, 0.2) is 33.8 Å². The Balaban J connectivity index is 2.60. The Labute approximate surface area is 90.1 Å². The molecule has 0 saturated carbocycles. The smallest absolute Gasteiger partial charge is 0.427 e. The second-order valence-electron chi connectivity index (χ2n) is 2.38. The molecule has 0 aliphatic carbocycles. The highest BCUT2D eigenvalue weighted by Gasteiger charge is 1.95. The number of nitrogens with zero attached hydrogens (tertiary/aromatic N) is 1. The number of ether oxygens (including phenoxy) is 1. The summed E-state index contributed by atoms with van der Waals surface area (Å²) >= 11 is 3.35. The fraction of sp³-hybridized carbons (Fsp3) is 0.111. The van der Waals surface area contributed by atoms with E-state index in [2.05, 4.69) is 31.2 Å². The van der Waals surface area contributed by atoms with Crippen molar-refractivity contribution in [1.29, 1.82) is 0 Å². The molecular formula is C9H9BrN2O2. The van der Waals surface area contributed by atoms with E-state index in [-0.39, 0.29) is 0 Å². The third-order valence-electron chi connectivity index (χ3n) is 1.45. The Morgan fingerprint density at radius 1 is 1.57 bits per heavy atom. The van der Waals surface area contributed by atoms with Crippen LogP contribution in [-0.2, 0) is 4.74 Å². The van der Waals surface area contributed by atoms with E-state index in [4.69, 9.17) is 0 Å². The van der Waals surface area contributed by atoms with Gasteiger partial charge in [0.15, 0.2) is 0 Å². The number of hydrogen-bond acceptors (Lipinski definition) is 3. The summed E-state index contributed by atoms with van der Waals surface area (Å²) in [5, 5.41) is 3.69. The van der Waals surface area contributed by atoms with Crippen LogP contribution in [0.25, 0.3) is 0 Å². The average molecular weight is 257 g/mol. The van der Waals surface area contributed by atoms with Gasteiger partial charge in [-0.2, -0.15) is 5.10 Å². The van der Waals surface area contributed by atoms with Crippen LogP contribution in [0.3, 0.4) is 0 Å². The number of hydrogen-bond donors (Lipinski definition) is 1. The van der Waals surface area contributed by atoms with Crippen LogP contribution < -0.4 is 5.43 Å². The molecule has 0 spiro atoms. The number of halogens is 1. The number of rotatable bonds is 2. The molecule has 0 heterocycles. The Morgan fingerprint density at radius 3 is 2.93 bits per heavy atom. The highest BCUT2D eigenvalue weighted by Crippen LogP contribution is 2.13. The molecule has 74 valence electrons.